The van der Waals surface area contributed by atoms with E-state index < -0.39 is 5.82 Å². The molecule has 1 unspecified atom stereocenters. The van der Waals surface area contributed by atoms with Crippen molar-refractivity contribution >= 4 is 21.9 Å². The molecule has 1 fully saturated rings. The van der Waals surface area contributed by atoms with Crippen molar-refractivity contribution in [1.29, 1.82) is 0 Å². The van der Waals surface area contributed by atoms with Crippen LogP contribution in [0.3, 0.4) is 0 Å². The van der Waals surface area contributed by atoms with Crippen molar-refractivity contribution in [1.82, 2.24) is 20.1 Å². The van der Waals surface area contributed by atoms with E-state index in [1.165, 1.54) is 13.2 Å². The molecule has 4 rings (SSSR count). The predicted octanol–water partition coefficient (Wildman–Crippen LogP) is 1.48. The number of morpholine rings is 1. The van der Waals surface area contributed by atoms with Crippen LogP contribution in [0.1, 0.15) is 6.92 Å². The number of rotatable bonds is 2. The Bertz CT molecular complexity index is 881. The average Bonchev–Trinajstić information content (AvgIpc) is 2.99. The average molecular weight is 317 g/mol. The van der Waals surface area contributed by atoms with Crippen molar-refractivity contribution < 1.29 is 13.9 Å². The molecule has 1 aliphatic heterocycles. The second-order valence-corrected chi connectivity index (χ2v) is 5.57. The van der Waals surface area contributed by atoms with Gasteiger partial charge in [0.15, 0.2) is 5.82 Å². The monoisotopic (exact) mass is 317 g/mol. The van der Waals surface area contributed by atoms with E-state index in [-0.39, 0.29) is 11.6 Å². The van der Waals surface area contributed by atoms with Crippen LogP contribution >= 0.6 is 0 Å². The normalized spacial score (nSPS) is 18.7. The van der Waals surface area contributed by atoms with Gasteiger partial charge in [-0.05, 0) is 13.0 Å². The molecule has 0 radical (unpaired) electrons. The Hall–Kier alpha value is -2.48. The summed E-state index contributed by atoms with van der Waals surface area (Å²) < 4.78 is 24.8. The maximum absolute atomic E-state index is 14.1. The Morgan fingerprint density at radius 1 is 1.30 bits per heavy atom. The van der Waals surface area contributed by atoms with Crippen LogP contribution in [0, 0.1) is 5.82 Å². The van der Waals surface area contributed by atoms with Gasteiger partial charge >= 0.3 is 0 Å². The second kappa shape index (κ2) is 5.31. The Balaban J connectivity index is 1.89. The molecule has 1 aliphatic rings. The van der Waals surface area contributed by atoms with Crippen molar-refractivity contribution in [2.45, 2.75) is 13.0 Å². The van der Waals surface area contributed by atoms with Crippen LogP contribution in [0.5, 0.6) is 5.75 Å². The topological polar surface area (TPSA) is 65.3 Å². The van der Waals surface area contributed by atoms with Gasteiger partial charge < -0.3 is 9.47 Å². The number of methoxy groups -OCH3 is 1. The molecule has 7 nitrogen and oxygen atoms in total. The summed E-state index contributed by atoms with van der Waals surface area (Å²) in [4.78, 5) is 1.72. The number of ether oxygens (including phenoxy) is 2. The molecule has 2 aromatic heterocycles. The number of hydrogen-bond donors (Lipinski definition) is 0. The minimum Gasteiger partial charge on any atom is -0.497 e. The molecule has 23 heavy (non-hydrogen) atoms. The summed E-state index contributed by atoms with van der Waals surface area (Å²) in [5, 5.41) is 16.0. The molecule has 1 atom stereocenters. The molecular formula is C15H16FN5O2. The van der Waals surface area contributed by atoms with Crippen LogP contribution in [0.2, 0.25) is 0 Å². The summed E-state index contributed by atoms with van der Waals surface area (Å²) in [7, 11) is 1.50. The smallest absolute Gasteiger partial charge is 0.203 e. The third kappa shape index (κ3) is 2.26. The summed E-state index contributed by atoms with van der Waals surface area (Å²) >= 11 is 0. The highest BCUT2D eigenvalue weighted by molar-refractivity contribution is 6.03. The molecule has 0 N–H and O–H groups in total. The lowest BCUT2D eigenvalue weighted by Crippen LogP contribution is -2.48. The molecule has 8 heteroatoms. The maximum Gasteiger partial charge on any atom is 0.203 e. The van der Waals surface area contributed by atoms with Gasteiger partial charge in [0.2, 0.25) is 5.65 Å². The van der Waals surface area contributed by atoms with E-state index >= 15 is 0 Å². The van der Waals surface area contributed by atoms with Gasteiger partial charge in [0.1, 0.15) is 11.3 Å². The van der Waals surface area contributed by atoms with Crippen LogP contribution in [0.25, 0.3) is 21.9 Å². The quantitative estimate of drug-likeness (QED) is 0.713. The van der Waals surface area contributed by atoms with Crippen LogP contribution in [-0.4, -0.2) is 53.0 Å². The van der Waals surface area contributed by atoms with E-state index in [2.05, 4.69) is 15.3 Å². The lowest BCUT2D eigenvalue weighted by atomic mass is 10.1. The number of halogens is 1. The highest BCUT2D eigenvalue weighted by Crippen LogP contribution is 2.28. The van der Waals surface area contributed by atoms with Gasteiger partial charge in [-0.25, -0.2) is 4.39 Å². The van der Waals surface area contributed by atoms with E-state index in [4.69, 9.17) is 9.47 Å². The molecular weight excluding hydrogens is 301 g/mol. The Kier molecular flexibility index (Phi) is 3.26. The minimum atomic E-state index is -0.457. The lowest BCUT2D eigenvalue weighted by Gasteiger charge is -2.32. The first-order valence-electron chi connectivity index (χ1n) is 7.42. The number of benzene rings is 1. The zero-order valence-corrected chi connectivity index (χ0v) is 12.9. The van der Waals surface area contributed by atoms with Gasteiger partial charge in [-0.3, -0.25) is 5.01 Å². The van der Waals surface area contributed by atoms with Gasteiger partial charge in [0.05, 0.1) is 44.5 Å². The van der Waals surface area contributed by atoms with Crippen LogP contribution in [0.15, 0.2) is 18.3 Å². The zero-order chi connectivity index (χ0) is 16.0. The second-order valence-electron chi connectivity index (χ2n) is 5.57. The summed E-state index contributed by atoms with van der Waals surface area (Å²) in [5.41, 5.74) is 0.812. The predicted molar refractivity (Wildman–Crippen MR) is 82.7 cm³/mol. The molecule has 120 valence electrons. The number of aromatic nitrogens is 4. The van der Waals surface area contributed by atoms with Gasteiger partial charge in [0, 0.05) is 11.5 Å². The first-order valence-corrected chi connectivity index (χ1v) is 7.42. The van der Waals surface area contributed by atoms with Crippen LogP contribution < -0.4 is 9.75 Å². The maximum atomic E-state index is 14.1. The molecule has 3 aromatic rings. The molecule has 0 spiro atoms. The molecule has 0 saturated carbocycles. The fourth-order valence-electron chi connectivity index (χ4n) is 2.89. The number of hydrogen-bond acceptors (Lipinski definition) is 6. The van der Waals surface area contributed by atoms with Gasteiger partial charge in [-0.2, -0.15) is 9.89 Å². The van der Waals surface area contributed by atoms with Crippen molar-refractivity contribution in [3.05, 3.63) is 24.1 Å². The van der Waals surface area contributed by atoms with Crippen molar-refractivity contribution in [3.63, 3.8) is 0 Å². The highest BCUT2D eigenvalue weighted by atomic mass is 19.1. The molecule has 1 saturated heterocycles. The molecule has 0 amide bonds. The largest absolute Gasteiger partial charge is 0.497 e. The Morgan fingerprint density at radius 3 is 2.96 bits per heavy atom. The molecule has 3 heterocycles. The van der Waals surface area contributed by atoms with E-state index in [0.717, 1.165) is 5.39 Å². The molecule has 0 aliphatic carbocycles. The zero-order valence-electron chi connectivity index (χ0n) is 12.9. The standard InChI is InChI=1S/C15H16FN5O2/c1-9-8-20(3-4-23-9)21-15-12(7-17-21)11-5-10(22-2)6-13(16)14(11)18-19-15/h5-7,9H,3-4,8H2,1-2H3. The van der Waals surface area contributed by atoms with Crippen LogP contribution in [0.4, 0.5) is 4.39 Å². The molecule has 1 aromatic carbocycles. The van der Waals surface area contributed by atoms with Crippen molar-refractivity contribution in [2.24, 2.45) is 0 Å². The number of fused-ring (bicyclic) bond motifs is 3. The fraction of sp³-hybridized carbons (Fsp3) is 0.400. The Labute approximate surface area is 131 Å². The summed E-state index contributed by atoms with van der Waals surface area (Å²) in [6, 6.07) is 3.06. The SMILES string of the molecule is COc1cc(F)c2nnc3c(cnn3N3CCOC(C)C3)c2c1. The van der Waals surface area contributed by atoms with E-state index in [0.29, 0.717) is 36.5 Å². The number of nitrogens with zero attached hydrogens (tertiary/aromatic N) is 5. The van der Waals surface area contributed by atoms with Crippen LogP contribution in [-0.2, 0) is 4.74 Å². The van der Waals surface area contributed by atoms with Gasteiger partial charge in [-0.15, -0.1) is 10.2 Å². The van der Waals surface area contributed by atoms with Gasteiger partial charge in [-0.1, -0.05) is 0 Å². The fourth-order valence-corrected chi connectivity index (χ4v) is 2.89. The van der Waals surface area contributed by atoms with E-state index in [1.54, 1.807) is 17.1 Å². The van der Waals surface area contributed by atoms with E-state index in [9.17, 15) is 4.39 Å². The third-order valence-corrected chi connectivity index (χ3v) is 4.02. The lowest BCUT2D eigenvalue weighted by molar-refractivity contribution is 0.0427. The first-order chi connectivity index (χ1) is 11.2. The first kappa shape index (κ1) is 14.1. The summed E-state index contributed by atoms with van der Waals surface area (Å²) in [5.74, 6) is -0.0152. The Morgan fingerprint density at radius 2 is 2.17 bits per heavy atom. The van der Waals surface area contributed by atoms with Crippen molar-refractivity contribution in [3.8, 4) is 5.75 Å². The minimum absolute atomic E-state index is 0.119. The summed E-state index contributed by atoms with van der Waals surface area (Å²) in [6.45, 7) is 4.07. The summed E-state index contributed by atoms with van der Waals surface area (Å²) in [6.07, 6.45) is 1.81. The highest BCUT2D eigenvalue weighted by Gasteiger charge is 2.21. The van der Waals surface area contributed by atoms with Gasteiger partial charge in [0.25, 0.3) is 0 Å². The third-order valence-electron chi connectivity index (χ3n) is 4.02. The van der Waals surface area contributed by atoms with Crippen molar-refractivity contribution in [2.75, 3.05) is 31.8 Å². The molecule has 0 bridgehead atoms. The van der Waals surface area contributed by atoms with E-state index in [1.807, 2.05) is 11.9 Å².